The highest BCUT2D eigenvalue weighted by atomic mass is 32.2. The van der Waals surface area contributed by atoms with Crippen molar-refractivity contribution in [3.63, 3.8) is 0 Å². The lowest BCUT2D eigenvalue weighted by molar-refractivity contribution is -0.394. The molecule has 0 radical (unpaired) electrons. The number of aliphatic imine (C=N–C) groups is 1. The number of hydrogen-bond donors (Lipinski definition) is 0. The number of carbonyl (C=O) groups is 1. The summed E-state index contributed by atoms with van der Waals surface area (Å²) in [5.41, 5.74) is 0.477. The highest BCUT2D eigenvalue weighted by Gasteiger charge is 2.41. The Morgan fingerprint density at radius 3 is 2.42 bits per heavy atom. The lowest BCUT2D eigenvalue weighted by Gasteiger charge is -2.35. The number of rotatable bonds is 9. The van der Waals surface area contributed by atoms with Crippen molar-refractivity contribution in [3.8, 4) is 17.2 Å². The van der Waals surface area contributed by atoms with Crippen molar-refractivity contribution < 1.29 is 24.1 Å². The van der Waals surface area contributed by atoms with Crippen LogP contribution in [0.4, 0.5) is 17.1 Å². The molecule has 0 N–H and O–H groups in total. The number of para-hydroxylation sites is 1. The van der Waals surface area contributed by atoms with E-state index in [9.17, 15) is 25.0 Å². The van der Waals surface area contributed by atoms with E-state index in [2.05, 4.69) is 6.92 Å². The zero-order chi connectivity index (χ0) is 30.5. The molecule has 0 aromatic heterocycles. The summed E-state index contributed by atoms with van der Waals surface area (Å²) in [4.78, 5) is 42.3. The predicted octanol–water partition coefficient (Wildman–Crippen LogP) is 7.88. The number of hydrogen-bond acceptors (Lipinski definition) is 9. The fourth-order valence-corrected chi connectivity index (χ4v) is 6.28. The number of nitrogens with zero attached hydrogens (tertiary/aromatic N) is 4. The van der Waals surface area contributed by atoms with Gasteiger partial charge in [0.05, 0.1) is 33.1 Å². The summed E-state index contributed by atoms with van der Waals surface area (Å²) in [5.74, 6) is 0.579. The molecule has 1 saturated heterocycles. The van der Waals surface area contributed by atoms with E-state index in [4.69, 9.17) is 14.5 Å². The Balaban J connectivity index is 1.48. The molecule has 1 amide bonds. The Labute approximate surface area is 252 Å². The summed E-state index contributed by atoms with van der Waals surface area (Å²) in [7, 11) is 0. The van der Waals surface area contributed by atoms with Crippen LogP contribution >= 0.6 is 11.8 Å². The minimum absolute atomic E-state index is 0.0642. The number of nitro groups is 2. The summed E-state index contributed by atoms with van der Waals surface area (Å²) in [6.07, 6.45) is 5.97. The lowest BCUT2D eigenvalue weighted by Crippen LogP contribution is -2.44. The maximum atomic E-state index is 13.8. The van der Waals surface area contributed by atoms with Crippen LogP contribution in [0, 0.1) is 26.1 Å². The summed E-state index contributed by atoms with van der Waals surface area (Å²) in [6.45, 7) is 4.26. The molecule has 43 heavy (non-hydrogen) atoms. The number of thioether (sulfide) groups is 1. The third-order valence-electron chi connectivity index (χ3n) is 7.35. The Hall–Kier alpha value is -4.71. The SMILES string of the molecule is CCOc1cc(/C=C2\SC(=Nc3ccccc3)N([C@@H]3CCCC[C@@H]3C)C2=O)ccc1Oc1ccc([N+](=O)[O-])cc1[N+](=O)[O-]. The van der Waals surface area contributed by atoms with Crippen LogP contribution in [0.5, 0.6) is 17.2 Å². The number of carbonyl (C=O) groups excluding carboxylic acids is 1. The van der Waals surface area contributed by atoms with Crippen molar-refractivity contribution in [1.29, 1.82) is 0 Å². The van der Waals surface area contributed by atoms with E-state index in [0.717, 1.165) is 43.5 Å². The first-order valence-corrected chi connectivity index (χ1v) is 14.8. The second kappa shape index (κ2) is 13.1. The van der Waals surface area contributed by atoms with Gasteiger partial charge in [-0.3, -0.25) is 29.9 Å². The Morgan fingerprint density at radius 2 is 1.72 bits per heavy atom. The predicted molar refractivity (Wildman–Crippen MR) is 165 cm³/mol. The molecular weight excluding hydrogens is 572 g/mol. The van der Waals surface area contributed by atoms with Gasteiger partial charge in [-0.1, -0.05) is 44.0 Å². The highest BCUT2D eigenvalue weighted by Crippen LogP contribution is 2.42. The Morgan fingerprint density at radius 1 is 0.977 bits per heavy atom. The average Bonchev–Trinajstić information content (AvgIpc) is 3.28. The topological polar surface area (TPSA) is 137 Å². The van der Waals surface area contributed by atoms with E-state index in [1.54, 1.807) is 31.2 Å². The molecule has 1 heterocycles. The molecule has 1 saturated carbocycles. The highest BCUT2D eigenvalue weighted by molar-refractivity contribution is 8.18. The van der Waals surface area contributed by atoms with Crippen LogP contribution in [-0.4, -0.2) is 38.5 Å². The van der Waals surface area contributed by atoms with Gasteiger partial charge in [0.2, 0.25) is 5.75 Å². The van der Waals surface area contributed by atoms with Crippen molar-refractivity contribution in [2.24, 2.45) is 10.9 Å². The summed E-state index contributed by atoms with van der Waals surface area (Å²) >= 11 is 1.33. The second-order valence-corrected chi connectivity index (χ2v) is 11.3. The van der Waals surface area contributed by atoms with Gasteiger partial charge in [-0.15, -0.1) is 0 Å². The Bertz CT molecular complexity index is 1610. The average molecular weight is 603 g/mol. The van der Waals surface area contributed by atoms with Crippen molar-refractivity contribution in [2.45, 2.75) is 45.6 Å². The van der Waals surface area contributed by atoms with Gasteiger partial charge < -0.3 is 9.47 Å². The van der Waals surface area contributed by atoms with Gasteiger partial charge in [-0.25, -0.2) is 4.99 Å². The molecule has 12 heteroatoms. The molecule has 2 fully saturated rings. The van der Waals surface area contributed by atoms with E-state index in [-0.39, 0.29) is 30.1 Å². The zero-order valence-electron chi connectivity index (χ0n) is 23.7. The summed E-state index contributed by atoms with van der Waals surface area (Å²) < 4.78 is 11.6. The fraction of sp³-hybridized carbons (Fsp3) is 0.290. The molecule has 3 aromatic rings. The molecule has 3 aromatic carbocycles. The van der Waals surface area contributed by atoms with E-state index in [0.29, 0.717) is 27.3 Å². The van der Waals surface area contributed by atoms with Gasteiger partial charge >= 0.3 is 5.69 Å². The standard InChI is InChI=1S/C31H30N4O7S/c1-3-41-28-17-21(13-15-27(28)42-26-16-14-23(34(37)38)19-25(26)35(39)40)18-29-30(36)33(24-12-8-7-9-20(24)2)31(43-29)32-22-10-5-4-6-11-22/h4-6,10-11,13-20,24H,3,7-9,12H2,1-2H3/b29-18-,32-31?/t20-,24+/m0/s1. The van der Waals surface area contributed by atoms with Crippen LogP contribution in [0.25, 0.3) is 6.08 Å². The third kappa shape index (κ3) is 6.69. The van der Waals surface area contributed by atoms with Crippen molar-refractivity contribution in [1.82, 2.24) is 4.90 Å². The van der Waals surface area contributed by atoms with Crippen molar-refractivity contribution >= 4 is 46.0 Å². The summed E-state index contributed by atoms with van der Waals surface area (Å²) in [6, 6.07) is 17.8. The quantitative estimate of drug-likeness (QED) is 0.137. The van der Waals surface area contributed by atoms with Crippen LogP contribution in [0.15, 0.2) is 76.6 Å². The number of ether oxygens (including phenoxy) is 2. The van der Waals surface area contributed by atoms with Crippen LogP contribution < -0.4 is 9.47 Å². The molecule has 2 atom stereocenters. The molecule has 11 nitrogen and oxygen atoms in total. The third-order valence-corrected chi connectivity index (χ3v) is 8.33. The van der Waals surface area contributed by atoms with Gasteiger partial charge in [0, 0.05) is 12.1 Å². The first-order chi connectivity index (χ1) is 20.7. The number of nitro benzene ring substituents is 2. The van der Waals surface area contributed by atoms with Crippen molar-refractivity contribution in [3.05, 3.63) is 97.4 Å². The maximum absolute atomic E-state index is 13.8. The number of non-ortho nitro benzene ring substituents is 1. The minimum atomic E-state index is -0.738. The van der Waals surface area contributed by atoms with E-state index < -0.39 is 21.2 Å². The first kappa shape index (κ1) is 29.8. The van der Waals surface area contributed by atoms with Gasteiger partial charge in [-0.2, -0.15) is 0 Å². The number of benzene rings is 3. The van der Waals surface area contributed by atoms with Gasteiger partial charge in [0.15, 0.2) is 16.7 Å². The van der Waals surface area contributed by atoms with Gasteiger partial charge in [-0.05, 0) is 79.4 Å². The molecule has 0 spiro atoms. The normalized spacial score (nSPS) is 20.4. The minimum Gasteiger partial charge on any atom is -0.490 e. The van der Waals surface area contributed by atoms with Crippen molar-refractivity contribution in [2.75, 3.05) is 6.61 Å². The molecule has 222 valence electrons. The van der Waals surface area contributed by atoms with E-state index >= 15 is 0 Å². The van der Waals surface area contributed by atoms with Crippen LogP contribution in [0.3, 0.4) is 0 Å². The number of amidine groups is 1. The number of amides is 1. The maximum Gasteiger partial charge on any atom is 0.318 e. The monoisotopic (exact) mass is 602 g/mol. The molecule has 0 bridgehead atoms. The fourth-order valence-electron chi connectivity index (χ4n) is 5.24. The summed E-state index contributed by atoms with van der Waals surface area (Å²) in [5, 5.41) is 23.4. The van der Waals surface area contributed by atoms with Crippen LogP contribution in [0.1, 0.15) is 45.1 Å². The molecular formula is C31H30N4O7S. The van der Waals surface area contributed by atoms with E-state index in [1.165, 1.54) is 17.8 Å². The smallest absolute Gasteiger partial charge is 0.318 e. The molecule has 1 aliphatic heterocycles. The van der Waals surface area contributed by atoms with E-state index in [1.807, 2.05) is 35.2 Å². The van der Waals surface area contributed by atoms with Crippen LogP contribution in [-0.2, 0) is 4.79 Å². The second-order valence-electron chi connectivity index (χ2n) is 10.3. The zero-order valence-corrected chi connectivity index (χ0v) is 24.5. The molecule has 0 unspecified atom stereocenters. The molecule has 5 rings (SSSR count). The lowest BCUT2D eigenvalue weighted by atomic mass is 9.85. The van der Waals surface area contributed by atoms with Gasteiger partial charge in [0.25, 0.3) is 11.6 Å². The van der Waals surface area contributed by atoms with Gasteiger partial charge in [0.1, 0.15) is 0 Å². The molecule has 2 aliphatic rings. The Kier molecular flexibility index (Phi) is 9.05. The largest absolute Gasteiger partial charge is 0.490 e. The van der Waals surface area contributed by atoms with Crippen LogP contribution in [0.2, 0.25) is 0 Å². The first-order valence-electron chi connectivity index (χ1n) is 14.0. The molecule has 1 aliphatic carbocycles.